The number of esters is 1. The van der Waals surface area contributed by atoms with Crippen LogP contribution in [0.3, 0.4) is 0 Å². The van der Waals surface area contributed by atoms with Gasteiger partial charge in [-0.05, 0) is 36.4 Å². The number of alkyl halides is 3. The first-order chi connectivity index (χ1) is 12.9. The molecule has 0 aliphatic rings. The van der Waals surface area contributed by atoms with Crippen LogP contribution in [-0.2, 0) is 4.79 Å². The molecule has 9 heteroatoms. The second kappa shape index (κ2) is 7.32. The third-order valence-electron chi connectivity index (χ3n) is 3.33. The highest BCUT2D eigenvalue weighted by Gasteiger charge is 2.31. The average molecular weight is 375 g/mol. The lowest BCUT2D eigenvalue weighted by atomic mass is 10.2. The molecule has 1 heterocycles. The maximum atomic E-state index is 12.2. The zero-order valence-corrected chi connectivity index (χ0v) is 13.7. The molecule has 0 saturated carbocycles. The summed E-state index contributed by atoms with van der Waals surface area (Å²) < 4.78 is 47.0. The summed E-state index contributed by atoms with van der Waals surface area (Å²) in [7, 11) is 0. The smallest absolute Gasteiger partial charge is 0.423 e. The second-order valence-electron chi connectivity index (χ2n) is 5.18. The van der Waals surface area contributed by atoms with Crippen molar-refractivity contribution in [1.82, 2.24) is 14.8 Å². The number of carbonyl (C=O) groups excluding carboxylic acids is 1. The third-order valence-corrected chi connectivity index (χ3v) is 3.33. The maximum absolute atomic E-state index is 12.2. The van der Waals surface area contributed by atoms with Crippen molar-refractivity contribution >= 4 is 5.97 Å². The van der Waals surface area contributed by atoms with Crippen molar-refractivity contribution in [2.75, 3.05) is 0 Å². The molecule has 0 saturated heterocycles. The lowest BCUT2D eigenvalue weighted by Gasteiger charge is -2.09. The molecule has 27 heavy (non-hydrogen) atoms. The standard InChI is InChI=1S/C18H12F3N3O3/c1-2-16(25)26-15-6-4-3-5-14(15)17-22-11-24(23-17)12-7-9-13(10-8-12)27-18(19,20)21/h2-11H,1H2. The van der Waals surface area contributed by atoms with Gasteiger partial charge in [0.05, 0.1) is 11.3 Å². The number of para-hydroxylation sites is 1. The van der Waals surface area contributed by atoms with Gasteiger partial charge in [-0.2, -0.15) is 0 Å². The number of hydrogen-bond acceptors (Lipinski definition) is 5. The van der Waals surface area contributed by atoms with Crippen LogP contribution >= 0.6 is 0 Å². The Labute approximate surface area is 151 Å². The minimum atomic E-state index is -4.76. The maximum Gasteiger partial charge on any atom is 0.573 e. The summed E-state index contributed by atoms with van der Waals surface area (Å²) >= 11 is 0. The molecule has 0 bridgehead atoms. The third kappa shape index (κ3) is 4.51. The molecule has 0 atom stereocenters. The number of ether oxygens (including phenoxy) is 2. The van der Waals surface area contributed by atoms with Crippen molar-refractivity contribution in [3.63, 3.8) is 0 Å². The van der Waals surface area contributed by atoms with Crippen molar-refractivity contribution in [1.29, 1.82) is 0 Å². The number of rotatable bonds is 5. The van der Waals surface area contributed by atoms with Crippen molar-refractivity contribution < 1.29 is 27.4 Å². The zero-order chi connectivity index (χ0) is 19.4. The Hall–Kier alpha value is -3.62. The van der Waals surface area contributed by atoms with Crippen LogP contribution in [-0.4, -0.2) is 27.1 Å². The van der Waals surface area contributed by atoms with Crippen LogP contribution in [0.1, 0.15) is 0 Å². The van der Waals surface area contributed by atoms with Crippen LogP contribution in [0.5, 0.6) is 11.5 Å². The van der Waals surface area contributed by atoms with Gasteiger partial charge >= 0.3 is 12.3 Å². The molecule has 138 valence electrons. The first-order valence-electron chi connectivity index (χ1n) is 7.57. The minimum absolute atomic E-state index is 0.258. The summed E-state index contributed by atoms with van der Waals surface area (Å²) in [5.41, 5.74) is 0.951. The molecule has 0 aliphatic heterocycles. The largest absolute Gasteiger partial charge is 0.573 e. The number of hydrogen-bond donors (Lipinski definition) is 0. The monoisotopic (exact) mass is 375 g/mol. The molecule has 0 aliphatic carbocycles. The van der Waals surface area contributed by atoms with Gasteiger partial charge in [0.25, 0.3) is 0 Å². The molecular formula is C18H12F3N3O3. The number of carbonyl (C=O) groups is 1. The normalized spacial score (nSPS) is 11.1. The van der Waals surface area contributed by atoms with Crippen LogP contribution < -0.4 is 9.47 Å². The van der Waals surface area contributed by atoms with Crippen LogP contribution in [0.4, 0.5) is 13.2 Å². The lowest BCUT2D eigenvalue weighted by Crippen LogP contribution is -2.17. The minimum Gasteiger partial charge on any atom is -0.423 e. The SMILES string of the molecule is C=CC(=O)Oc1ccccc1-c1ncn(-c2ccc(OC(F)(F)F)cc2)n1. The molecule has 0 fully saturated rings. The Bertz CT molecular complexity index is 966. The Morgan fingerprint density at radius 1 is 1.11 bits per heavy atom. The van der Waals surface area contributed by atoms with Gasteiger partial charge in [0.15, 0.2) is 5.82 Å². The predicted molar refractivity (Wildman–Crippen MR) is 89.3 cm³/mol. The van der Waals surface area contributed by atoms with Crippen LogP contribution in [0.25, 0.3) is 17.1 Å². The summed E-state index contributed by atoms with van der Waals surface area (Å²) in [6.07, 6.45) is -2.33. The fourth-order valence-electron chi connectivity index (χ4n) is 2.20. The summed E-state index contributed by atoms with van der Waals surface area (Å²) in [6.45, 7) is 3.34. The van der Waals surface area contributed by atoms with Gasteiger partial charge in [-0.25, -0.2) is 14.5 Å². The molecular weight excluding hydrogens is 363 g/mol. The Balaban J connectivity index is 1.85. The van der Waals surface area contributed by atoms with Gasteiger partial charge in [-0.15, -0.1) is 18.3 Å². The molecule has 0 amide bonds. The molecule has 3 aromatic rings. The van der Waals surface area contributed by atoms with E-state index in [4.69, 9.17) is 4.74 Å². The van der Waals surface area contributed by atoms with Gasteiger partial charge in [-0.1, -0.05) is 18.7 Å². The Morgan fingerprint density at radius 3 is 2.48 bits per heavy atom. The quantitative estimate of drug-likeness (QED) is 0.384. The average Bonchev–Trinajstić information content (AvgIpc) is 3.11. The number of benzene rings is 2. The van der Waals surface area contributed by atoms with Crippen molar-refractivity contribution in [2.24, 2.45) is 0 Å². The number of nitrogens with zero attached hydrogens (tertiary/aromatic N) is 3. The summed E-state index contributed by atoms with van der Waals surface area (Å²) in [4.78, 5) is 15.6. The molecule has 0 N–H and O–H groups in total. The van der Waals surface area contributed by atoms with Crippen molar-refractivity contribution in [3.05, 3.63) is 67.5 Å². The number of halogens is 3. The molecule has 0 spiro atoms. The van der Waals surface area contributed by atoms with Crippen LogP contribution in [0.15, 0.2) is 67.5 Å². The molecule has 0 unspecified atom stereocenters. The summed E-state index contributed by atoms with van der Waals surface area (Å²) in [5, 5.41) is 4.27. The van der Waals surface area contributed by atoms with E-state index in [1.165, 1.54) is 35.3 Å². The van der Waals surface area contributed by atoms with Gasteiger partial charge in [0.2, 0.25) is 0 Å². The van der Waals surface area contributed by atoms with E-state index in [9.17, 15) is 18.0 Å². The fraction of sp³-hybridized carbons (Fsp3) is 0.0556. The lowest BCUT2D eigenvalue weighted by molar-refractivity contribution is -0.274. The van der Waals surface area contributed by atoms with Gasteiger partial charge in [0.1, 0.15) is 17.8 Å². The van der Waals surface area contributed by atoms with E-state index in [2.05, 4.69) is 21.4 Å². The van der Waals surface area contributed by atoms with E-state index in [1.807, 2.05) is 0 Å². The topological polar surface area (TPSA) is 66.2 Å². The molecule has 2 aromatic carbocycles. The van der Waals surface area contributed by atoms with Crippen molar-refractivity contribution in [2.45, 2.75) is 6.36 Å². The summed E-state index contributed by atoms with van der Waals surface area (Å²) in [5.74, 6) is -0.428. The van der Waals surface area contributed by atoms with Crippen LogP contribution in [0, 0.1) is 0 Å². The van der Waals surface area contributed by atoms with Crippen LogP contribution in [0.2, 0.25) is 0 Å². The molecule has 0 radical (unpaired) electrons. The first-order valence-corrected chi connectivity index (χ1v) is 7.57. The van der Waals surface area contributed by atoms with E-state index in [0.29, 0.717) is 11.3 Å². The highest BCUT2D eigenvalue weighted by atomic mass is 19.4. The van der Waals surface area contributed by atoms with Gasteiger partial charge < -0.3 is 9.47 Å². The van der Waals surface area contributed by atoms with E-state index < -0.39 is 12.3 Å². The van der Waals surface area contributed by atoms with Gasteiger partial charge in [0, 0.05) is 6.08 Å². The van der Waals surface area contributed by atoms with E-state index in [0.717, 1.165) is 6.08 Å². The first kappa shape index (κ1) is 18.2. The van der Waals surface area contributed by atoms with Crippen molar-refractivity contribution in [3.8, 4) is 28.6 Å². The molecule has 6 nitrogen and oxygen atoms in total. The number of aromatic nitrogens is 3. The Kier molecular flexibility index (Phi) is 4.93. The molecule has 1 aromatic heterocycles. The van der Waals surface area contributed by atoms with E-state index >= 15 is 0 Å². The van der Waals surface area contributed by atoms with Gasteiger partial charge in [-0.3, -0.25) is 0 Å². The van der Waals surface area contributed by atoms with E-state index in [-0.39, 0.29) is 17.3 Å². The predicted octanol–water partition coefficient (Wildman–Crippen LogP) is 3.92. The second-order valence-corrected chi connectivity index (χ2v) is 5.18. The highest BCUT2D eigenvalue weighted by Crippen LogP contribution is 2.28. The molecule has 3 rings (SSSR count). The summed E-state index contributed by atoms with van der Waals surface area (Å²) in [6, 6.07) is 11.8. The Morgan fingerprint density at radius 2 is 1.81 bits per heavy atom. The zero-order valence-electron chi connectivity index (χ0n) is 13.7. The highest BCUT2D eigenvalue weighted by molar-refractivity contribution is 5.84. The van der Waals surface area contributed by atoms with E-state index in [1.54, 1.807) is 24.3 Å². The fourth-order valence-corrected chi connectivity index (χ4v) is 2.20.